The van der Waals surface area contributed by atoms with Gasteiger partial charge in [-0.3, -0.25) is 14.4 Å². The number of ketones is 2. The van der Waals surface area contributed by atoms with Gasteiger partial charge in [-0.2, -0.15) is 0 Å². The predicted molar refractivity (Wildman–Crippen MR) is 184 cm³/mol. The third-order valence-electron chi connectivity index (χ3n) is 9.28. The summed E-state index contributed by atoms with van der Waals surface area (Å²) in [5, 5.41) is 9.08. The monoisotopic (exact) mass is 704 g/mol. The molecule has 2 aliphatic heterocycles. The number of hydrogen-bond acceptors (Lipinski definition) is 7. The average Bonchev–Trinajstić information content (AvgIpc) is 3.11. The maximum absolute atomic E-state index is 15.0. The van der Waals surface area contributed by atoms with E-state index >= 15 is 0 Å². The number of carbonyl (C=O) groups is 5. The number of rotatable bonds is 11. The van der Waals surface area contributed by atoms with Crippen molar-refractivity contribution in [3.8, 4) is 5.75 Å². The zero-order valence-electron chi connectivity index (χ0n) is 27.8. The Morgan fingerprint density at radius 2 is 1.72 bits per heavy atom. The van der Waals surface area contributed by atoms with Gasteiger partial charge in [0.2, 0.25) is 5.91 Å². The van der Waals surface area contributed by atoms with Gasteiger partial charge in [-0.1, -0.05) is 35.9 Å². The van der Waals surface area contributed by atoms with Crippen molar-refractivity contribution in [1.82, 2.24) is 9.80 Å². The predicted octanol–water partition coefficient (Wildman–Crippen LogP) is 6.58. The van der Waals surface area contributed by atoms with Crippen LogP contribution >= 0.6 is 11.6 Å². The molecular formula is C38H38ClFN2O8. The number of piperidine rings is 1. The third kappa shape index (κ3) is 8.22. The molecule has 0 spiro atoms. The third-order valence-corrected chi connectivity index (χ3v) is 9.57. The Morgan fingerprint density at radius 3 is 2.38 bits per heavy atom. The van der Waals surface area contributed by atoms with Gasteiger partial charge in [0.25, 0.3) is 0 Å². The van der Waals surface area contributed by atoms with Crippen molar-refractivity contribution in [2.45, 2.75) is 45.1 Å². The average molecular weight is 705 g/mol. The van der Waals surface area contributed by atoms with Gasteiger partial charge in [-0.05, 0) is 86.1 Å². The van der Waals surface area contributed by atoms with E-state index in [4.69, 9.17) is 21.1 Å². The summed E-state index contributed by atoms with van der Waals surface area (Å²) in [6, 6.07) is 13.0. The van der Waals surface area contributed by atoms with Gasteiger partial charge in [0.15, 0.2) is 11.6 Å². The van der Waals surface area contributed by atoms with Crippen molar-refractivity contribution >= 4 is 47.2 Å². The lowest BCUT2D eigenvalue weighted by atomic mass is 9.87. The topological polar surface area (TPSA) is 131 Å². The molecule has 12 heteroatoms. The molecule has 0 radical (unpaired) electrons. The fraction of sp³-hybridized carbons (Fsp3) is 0.342. The molecule has 0 saturated carbocycles. The molecule has 0 aliphatic carbocycles. The van der Waals surface area contributed by atoms with Crippen LogP contribution in [0, 0.1) is 11.7 Å². The van der Waals surface area contributed by atoms with E-state index in [-0.39, 0.29) is 46.6 Å². The van der Waals surface area contributed by atoms with Crippen LogP contribution in [0.5, 0.6) is 5.75 Å². The number of likely N-dealkylation sites (tertiary alicyclic amines) is 1. The molecule has 2 amide bonds. The van der Waals surface area contributed by atoms with Crippen LogP contribution in [0.4, 0.5) is 9.18 Å². The molecule has 2 aliphatic rings. The van der Waals surface area contributed by atoms with E-state index in [0.717, 1.165) is 30.9 Å². The van der Waals surface area contributed by atoms with Crippen LogP contribution in [0.1, 0.15) is 75.2 Å². The Morgan fingerprint density at radius 1 is 1.00 bits per heavy atom. The SMILES string of the molecule is COC(=O)N1CCC(CCOc2cccc3c2CCN(C(=O)/C=C/c2c(C(C)=O)ccc(Cl)c2F)C3C(=O)Cc2ccc(C(=O)O)cc2)CC1. The van der Waals surface area contributed by atoms with Crippen molar-refractivity contribution < 1.29 is 42.9 Å². The van der Waals surface area contributed by atoms with Crippen LogP contribution in [0.15, 0.2) is 60.7 Å². The van der Waals surface area contributed by atoms with Crippen LogP contribution in [-0.4, -0.2) is 77.8 Å². The molecule has 2 heterocycles. The van der Waals surface area contributed by atoms with E-state index in [1.807, 2.05) is 6.07 Å². The highest BCUT2D eigenvalue weighted by Gasteiger charge is 2.36. The molecule has 1 N–H and O–H groups in total. The minimum absolute atomic E-state index is 0.0631. The number of nitrogens with zero attached hydrogens (tertiary/aromatic N) is 2. The minimum atomic E-state index is -1.09. The quantitative estimate of drug-likeness (QED) is 0.175. The molecule has 5 rings (SSSR count). The highest BCUT2D eigenvalue weighted by molar-refractivity contribution is 6.31. The molecule has 1 saturated heterocycles. The summed E-state index contributed by atoms with van der Waals surface area (Å²) in [5.74, 6) is -2.19. The summed E-state index contributed by atoms with van der Waals surface area (Å²) in [6.07, 6.45) is 4.80. The summed E-state index contributed by atoms with van der Waals surface area (Å²) in [5.41, 5.74) is 2.01. The Labute approximate surface area is 294 Å². The normalized spacial score (nSPS) is 16.2. The van der Waals surface area contributed by atoms with Gasteiger partial charge in [-0.15, -0.1) is 0 Å². The number of aromatic carboxylic acids is 1. The number of carbonyl (C=O) groups excluding carboxylic acids is 4. The van der Waals surface area contributed by atoms with Gasteiger partial charge in [0.05, 0.1) is 24.3 Å². The first-order valence-electron chi connectivity index (χ1n) is 16.4. The van der Waals surface area contributed by atoms with E-state index in [1.165, 1.54) is 49.3 Å². The minimum Gasteiger partial charge on any atom is -0.493 e. The zero-order chi connectivity index (χ0) is 35.9. The summed E-state index contributed by atoms with van der Waals surface area (Å²) < 4.78 is 26.1. The van der Waals surface area contributed by atoms with Gasteiger partial charge >= 0.3 is 12.1 Å². The fourth-order valence-corrected chi connectivity index (χ4v) is 6.74. The Bertz CT molecular complexity index is 1820. The van der Waals surface area contributed by atoms with Gasteiger partial charge < -0.3 is 24.4 Å². The molecule has 3 aromatic carbocycles. The van der Waals surface area contributed by atoms with Crippen LogP contribution in [0.25, 0.3) is 6.08 Å². The first kappa shape index (κ1) is 36.3. The Balaban J connectivity index is 1.39. The van der Waals surface area contributed by atoms with Gasteiger partial charge in [0, 0.05) is 48.8 Å². The highest BCUT2D eigenvalue weighted by Crippen LogP contribution is 2.37. The second kappa shape index (κ2) is 16.1. The summed E-state index contributed by atoms with van der Waals surface area (Å²) in [7, 11) is 1.37. The van der Waals surface area contributed by atoms with Gasteiger partial charge in [0.1, 0.15) is 17.6 Å². The standard InChI is InChI=1S/C38H38ClFN2O8/c1-23(43)27-10-12-31(39)35(40)29(27)11-13-34(45)42-20-16-28-30(36(42)32(44)22-25-6-8-26(9-7-25)37(46)47)4-3-5-33(28)50-21-17-24-14-18-41(19-15-24)38(48)49-2/h3-13,24,36H,14-22H2,1-2H3,(H,46,47)/b13-11+. The van der Waals surface area contributed by atoms with Crippen LogP contribution in [0.3, 0.4) is 0 Å². The number of Topliss-reactive ketones (excluding diaryl/α,β-unsaturated/α-hetero) is 2. The molecule has 0 aromatic heterocycles. The molecular weight excluding hydrogens is 667 g/mol. The number of fused-ring (bicyclic) bond motifs is 1. The lowest BCUT2D eigenvalue weighted by molar-refractivity contribution is -0.136. The number of carboxylic acids is 1. The second-order valence-corrected chi connectivity index (χ2v) is 12.8. The van der Waals surface area contributed by atoms with Crippen LogP contribution in [-0.2, 0) is 27.2 Å². The molecule has 1 fully saturated rings. The molecule has 262 valence electrons. The van der Waals surface area contributed by atoms with E-state index in [2.05, 4.69) is 0 Å². The van der Waals surface area contributed by atoms with Crippen LogP contribution in [0.2, 0.25) is 5.02 Å². The molecule has 10 nitrogen and oxygen atoms in total. The highest BCUT2D eigenvalue weighted by atomic mass is 35.5. The lowest BCUT2D eigenvalue weighted by Gasteiger charge is -2.36. The summed E-state index contributed by atoms with van der Waals surface area (Å²) in [4.78, 5) is 66.3. The van der Waals surface area contributed by atoms with E-state index in [1.54, 1.807) is 29.2 Å². The van der Waals surface area contributed by atoms with E-state index in [0.29, 0.717) is 48.9 Å². The Kier molecular flexibility index (Phi) is 11.7. The number of amides is 2. The second-order valence-electron chi connectivity index (χ2n) is 12.4. The van der Waals surface area contributed by atoms with Crippen molar-refractivity contribution in [3.05, 3.63) is 105 Å². The zero-order valence-corrected chi connectivity index (χ0v) is 28.6. The molecule has 1 atom stereocenters. The molecule has 0 bridgehead atoms. The number of methoxy groups -OCH3 is 1. The van der Waals surface area contributed by atoms with Crippen molar-refractivity contribution in [3.63, 3.8) is 0 Å². The smallest absolute Gasteiger partial charge is 0.409 e. The Hall–Kier alpha value is -5.03. The number of ether oxygens (including phenoxy) is 2. The van der Waals surface area contributed by atoms with E-state index < -0.39 is 29.5 Å². The number of hydrogen-bond donors (Lipinski definition) is 1. The maximum atomic E-state index is 15.0. The summed E-state index contributed by atoms with van der Waals surface area (Å²) in [6.45, 7) is 3.13. The largest absolute Gasteiger partial charge is 0.493 e. The van der Waals surface area contributed by atoms with Crippen molar-refractivity contribution in [1.29, 1.82) is 0 Å². The van der Waals surface area contributed by atoms with E-state index in [9.17, 15) is 33.5 Å². The molecule has 50 heavy (non-hydrogen) atoms. The number of carboxylic acid groups (broad SMARTS) is 1. The first-order chi connectivity index (χ1) is 24.0. The maximum Gasteiger partial charge on any atom is 0.409 e. The first-order valence-corrected chi connectivity index (χ1v) is 16.8. The van der Waals surface area contributed by atoms with Crippen molar-refractivity contribution in [2.75, 3.05) is 33.4 Å². The lowest BCUT2D eigenvalue weighted by Crippen LogP contribution is -2.43. The molecule has 1 unspecified atom stereocenters. The summed E-state index contributed by atoms with van der Waals surface area (Å²) >= 11 is 5.97. The number of halogens is 2. The fourth-order valence-electron chi connectivity index (χ4n) is 6.57. The van der Waals surface area contributed by atoms with Crippen LogP contribution < -0.4 is 4.74 Å². The van der Waals surface area contributed by atoms with Crippen molar-refractivity contribution in [2.24, 2.45) is 5.92 Å². The molecule has 3 aromatic rings. The van der Waals surface area contributed by atoms with Gasteiger partial charge in [-0.25, -0.2) is 14.0 Å². The number of benzene rings is 3.